The molecule has 23 heavy (non-hydrogen) atoms. The van der Waals surface area contributed by atoms with E-state index in [0.717, 1.165) is 9.13 Å². The van der Waals surface area contributed by atoms with E-state index in [1.807, 2.05) is 0 Å². The number of aromatic nitrogens is 2. The summed E-state index contributed by atoms with van der Waals surface area (Å²) in [5, 5.41) is 36.9. The number of hydrogen-bond acceptors (Lipinski definition) is 8. The van der Waals surface area contributed by atoms with Gasteiger partial charge in [-0.15, -0.1) is 0 Å². The molecule has 2 saturated heterocycles. The molecule has 2 fully saturated rings. The standard InChI is InChI=1S/C13H19N3O7/c14-8-3-4-15(12-11(19)10(18)7(6-17)22-12)13(20)16(8)9-2-1-5-21-23-9/h3-4,7,9-12,14,17-19H,1-2,5-6H2/t7-,9?,10-,11-,12-/m1/s1. The van der Waals surface area contributed by atoms with E-state index in [9.17, 15) is 15.0 Å². The molecule has 1 aromatic heterocycles. The molecule has 128 valence electrons. The lowest BCUT2D eigenvalue weighted by molar-refractivity contribution is -0.366. The zero-order valence-electron chi connectivity index (χ0n) is 12.2. The van der Waals surface area contributed by atoms with E-state index >= 15 is 0 Å². The van der Waals surface area contributed by atoms with E-state index in [-0.39, 0.29) is 5.49 Å². The van der Waals surface area contributed by atoms with Gasteiger partial charge in [-0.25, -0.2) is 19.1 Å². The van der Waals surface area contributed by atoms with Crippen molar-refractivity contribution < 1.29 is 29.8 Å². The molecule has 3 rings (SSSR count). The van der Waals surface area contributed by atoms with Crippen molar-refractivity contribution in [3.05, 3.63) is 28.2 Å². The van der Waals surface area contributed by atoms with Crippen molar-refractivity contribution in [1.29, 1.82) is 5.41 Å². The van der Waals surface area contributed by atoms with Crippen LogP contribution in [0.4, 0.5) is 0 Å². The number of nitrogens with one attached hydrogen (secondary N) is 1. The molecule has 0 amide bonds. The van der Waals surface area contributed by atoms with Gasteiger partial charge in [0.1, 0.15) is 23.8 Å². The fourth-order valence-corrected chi connectivity index (χ4v) is 2.77. The Bertz CT molecular complexity index is 666. The molecule has 10 heteroatoms. The monoisotopic (exact) mass is 329 g/mol. The number of rotatable bonds is 3. The minimum absolute atomic E-state index is 0.0755. The lowest BCUT2D eigenvalue weighted by Crippen LogP contribution is -2.45. The first-order valence-corrected chi connectivity index (χ1v) is 7.33. The first kappa shape index (κ1) is 16.3. The maximum absolute atomic E-state index is 12.7. The van der Waals surface area contributed by atoms with Gasteiger partial charge in [0.2, 0.25) is 0 Å². The van der Waals surface area contributed by atoms with Crippen LogP contribution in [0.2, 0.25) is 0 Å². The van der Waals surface area contributed by atoms with Crippen LogP contribution in [-0.4, -0.2) is 56.0 Å². The molecule has 0 aromatic carbocycles. The van der Waals surface area contributed by atoms with Crippen LogP contribution in [0.3, 0.4) is 0 Å². The molecule has 1 aromatic rings. The number of nitrogens with zero attached hydrogens (tertiary/aromatic N) is 2. The molecule has 2 aliphatic rings. The van der Waals surface area contributed by atoms with Gasteiger partial charge in [-0.1, -0.05) is 0 Å². The fourth-order valence-electron chi connectivity index (χ4n) is 2.77. The minimum Gasteiger partial charge on any atom is -0.394 e. The molecule has 0 saturated carbocycles. The number of aliphatic hydroxyl groups excluding tert-OH is 3. The van der Waals surface area contributed by atoms with Crippen LogP contribution in [0.15, 0.2) is 17.1 Å². The Labute approximate surface area is 130 Å². The van der Waals surface area contributed by atoms with Gasteiger partial charge >= 0.3 is 5.69 Å². The minimum atomic E-state index is -1.38. The molecule has 3 heterocycles. The summed E-state index contributed by atoms with van der Waals surface area (Å²) in [5.41, 5.74) is -0.712. The summed E-state index contributed by atoms with van der Waals surface area (Å²) < 4.78 is 7.51. The topological polar surface area (TPSA) is 139 Å². The number of ether oxygens (including phenoxy) is 1. The van der Waals surface area contributed by atoms with Gasteiger partial charge in [0.25, 0.3) is 0 Å². The zero-order chi connectivity index (χ0) is 16.6. The van der Waals surface area contributed by atoms with Gasteiger partial charge in [0.15, 0.2) is 12.5 Å². The Balaban J connectivity index is 1.98. The van der Waals surface area contributed by atoms with Crippen LogP contribution in [0.25, 0.3) is 0 Å². The predicted octanol–water partition coefficient (Wildman–Crippen LogP) is -2.02. The Hall–Kier alpha value is -1.56. The molecule has 0 aliphatic carbocycles. The molecule has 0 radical (unpaired) electrons. The van der Waals surface area contributed by atoms with Crippen LogP contribution in [-0.2, 0) is 14.5 Å². The van der Waals surface area contributed by atoms with Gasteiger partial charge in [-0.05, 0) is 18.9 Å². The van der Waals surface area contributed by atoms with Crippen LogP contribution in [0.1, 0.15) is 25.3 Å². The van der Waals surface area contributed by atoms with Crippen molar-refractivity contribution in [1.82, 2.24) is 9.13 Å². The molecular formula is C13H19N3O7. The largest absolute Gasteiger partial charge is 0.394 e. The van der Waals surface area contributed by atoms with E-state index < -0.39 is 43.1 Å². The maximum atomic E-state index is 12.7. The maximum Gasteiger partial charge on any atom is 0.334 e. The van der Waals surface area contributed by atoms with E-state index in [2.05, 4.69) is 0 Å². The summed E-state index contributed by atoms with van der Waals surface area (Å²) in [5.74, 6) is 0. The molecule has 5 atom stereocenters. The lowest BCUT2D eigenvalue weighted by Gasteiger charge is -2.25. The molecule has 0 bridgehead atoms. The van der Waals surface area contributed by atoms with Crippen molar-refractivity contribution >= 4 is 0 Å². The fraction of sp³-hybridized carbons (Fsp3) is 0.692. The van der Waals surface area contributed by atoms with Crippen molar-refractivity contribution in [2.24, 2.45) is 0 Å². The van der Waals surface area contributed by atoms with Crippen LogP contribution >= 0.6 is 0 Å². The van der Waals surface area contributed by atoms with Crippen molar-refractivity contribution in [3.8, 4) is 0 Å². The number of hydrogen-bond donors (Lipinski definition) is 4. The van der Waals surface area contributed by atoms with Crippen LogP contribution in [0, 0.1) is 5.41 Å². The Morgan fingerprint density at radius 2 is 2.13 bits per heavy atom. The summed E-state index contributed by atoms with van der Waals surface area (Å²) >= 11 is 0. The van der Waals surface area contributed by atoms with E-state index in [4.69, 9.17) is 25.0 Å². The predicted molar refractivity (Wildman–Crippen MR) is 72.9 cm³/mol. The average Bonchev–Trinajstić information content (AvgIpc) is 2.84. The third kappa shape index (κ3) is 2.84. The second kappa shape index (κ2) is 6.51. The second-order valence-electron chi connectivity index (χ2n) is 5.50. The highest BCUT2D eigenvalue weighted by molar-refractivity contribution is 4.94. The quantitative estimate of drug-likeness (QED) is 0.469. The summed E-state index contributed by atoms with van der Waals surface area (Å²) in [7, 11) is 0. The molecule has 10 nitrogen and oxygen atoms in total. The molecule has 1 unspecified atom stereocenters. The van der Waals surface area contributed by atoms with E-state index in [1.165, 1.54) is 12.3 Å². The summed E-state index contributed by atoms with van der Waals surface area (Å²) in [4.78, 5) is 22.6. The Morgan fingerprint density at radius 3 is 2.74 bits per heavy atom. The van der Waals surface area contributed by atoms with Crippen LogP contribution < -0.4 is 11.2 Å². The van der Waals surface area contributed by atoms with E-state index in [1.54, 1.807) is 0 Å². The highest BCUT2D eigenvalue weighted by Crippen LogP contribution is 2.28. The number of aliphatic hydroxyl groups is 3. The van der Waals surface area contributed by atoms with Gasteiger partial charge in [-0.3, -0.25) is 9.98 Å². The summed E-state index contributed by atoms with van der Waals surface area (Å²) in [6.07, 6.45) is -3.09. The van der Waals surface area contributed by atoms with E-state index in [0.29, 0.717) is 19.4 Å². The van der Waals surface area contributed by atoms with Crippen molar-refractivity contribution in [2.75, 3.05) is 13.2 Å². The smallest absolute Gasteiger partial charge is 0.334 e. The molecule has 2 aliphatic heterocycles. The molecule has 0 spiro atoms. The third-order valence-electron chi connectivity index (χ3n) is 4.02. The van der Waals surface area contributed by atoms with Gasteiger partial charge in [0.05, 0.1) is 13.2 Å². The van der Waals surface area contributed by atoms with Crippen molar-refractivity contribution in [2.45, 2.75) is 43.6 Å². The Morgan fingerprint density at radius 1 is 1.35 bits per heavy atom. The third-order valence-corrected chi connectivity index (χ3v) is 4.02. The SMILES string of the molecule is N=c1ccn([C@@H]2O[C@H](CO)[C@@H](O)[C@H]2O)c(=O)n1C1CCCOO1. The first-order valence-electron chi connectivity index (χ1n) is 7.33. The van der Waals surface area contributed by atoms with Crippen LogP contribution in [0.5, 0.6) is 0 Å². The Kier molecular flexibility index (Phi) is 4.62. The molecule has 4 N–H and O–H groups in total. The second-order valence-corrected chi connectivity index (χ2v) is 5.50. The lowest BCUT2D eigenvalue weighted by atomic mass is 10.1. The highest BCUT2D eigenvalue weighted by atomic mass is 17.2. The average molecular weight is 329 g/mol. The van der Waals surface area contributed by atoms with Gasteiger partial charge in [0, 0.05) is 6.20 Å². The summed E-state index contributed by atoms with van der Waals surface area (Å²) in [6, 6.07) is 1.36. The van der Waals surface area contributed by atoms with Gasteiger partial charge < -0.3 is 20.1 Å². The highest BCUT2D eigenvalue weighted by Gasteiger charge is 2.44. The normalized spacial score (nSPS) is 34.7. The molecular weight excluding hydrogens is 310 g/mol. The van der Waals surface area contributed by atoms with Gasteiger partial charge in [-0.2, -0.15) is 0 Å². The zero-order valence-corrected chi connectivity index (χ0v) is 12.2. The van der Waals surface area contributed by atoms with Crippen molar-refractivity contribution in [3.63, 3.8) is 0 Å². The first-order chi connectivity index (χ1) is 11.0. The summed E-state index contributed by atoms with van der Waals surface area (Å²) in [6.45, 7) is -0.0696.